The number of imidazole rings is 1. The molecule has 4 aromatic rings. The molecule has 2 heterocycles. The van der Waals surface area contributed by atoms with E-state index in [4.69, 9.17) is 0 Å². The molecule has 136 valence electrons. The summed E-state index contributed by atoms with van der Waals surface area (Å²) in [5.74, 6) is -0.960. The highest BCUT2D eigenvalue weighted by molar-refractivity contribution is 7.91. The molecular weight excluding hydrogens is 365 g/mol. The van der Waals surface area contributed by atoms with Gasteiger partial charge in [0.25, 0.3) is 0 Å². The second-order valence-corrected chi connectivity index (χ2v) is 7.84. The van der Waals surface area contributed by atoms with E-state index in [0.29, 0.717) is 5.69 Å². The maximum atomic E-state index is 13.7. The normalized spacial score (nSPS) is 11.6. The van der Waals surface area contributed by atoms with E-state index in [9.17, 15) is 12.8 Å². The van der Waals surface area contributed by atoms with Gasteiger partial charge in [0.1, 0.15) is 11.5 Å². The fourth-order valence-corrected chi connectivity index (χ4v) is 4.03. The summed E-state index contributed by atoms with van der Waals surface area (Å²) in [6, 6.07) is 18.5. The zero-order chi connectivity index (χ0) is 18.9. The van der Waals surface area contributed by atoms with E-state index in [0.717, 1.165) is 16.9 Å². The van der Waals surface area contributed by atoms with Crippen molar-refractivity contribution in [1.29, 1.82) is 0 Å². The highest BCUT2D eigenvalue weighted by atomic mass is 32.2. The van der Waals surface area contributed by atoms with Gasteiger partial charge in [0.2, 0.25) is 10.0 Å². The monoisotopic (exact) mass is 381 g/mol. The number of halogens is 1. The Morgan fingerprint density at radius 2 is 1.70 bits per heavy atom. The predicted octanol–water partition coefficient (Wildman–Crippen LogP) is 4.08. The highest BCUT2D eigenvalue weighted by Crippen LogP contribution is 2.22. The van der Waals surface area contributed by atoms with Crippen molar-refractivity contribution in [3.63, 3.8) is 0 Å². The summed E-state index contributed by atoms with van der Waals surface area (Å²) in [5, 5.41) is 0. The highest BCUT2D eigenvalue weighted by Gasteiger charge is 2.14. The van der Waals surface area contributed by atoms with Gasteiger partial charge in [0, 0.05) is 29.2 Å². The van der Waals surface area contributed by atoms with Crippen LogP contribution in [0.3, 0.4) is 0 Å². The number of nitrogens with zero attached hydrogens (tertiary/aromatic N) is 2. The third-order valence-corrected chi connectivity index (χ3v) is 5.36. The van der Waals surface area contributed by atoms with Crippen molar-refractivity contribution in [2.45, 2.75) is 5.75 Å². The van der Waals surface area contributed by atoms with E-state index in [-0.39, 0.29) is 5.56 Å². The zero-order valence-electron chi connectivity index (χ0n) is 14.2. The lowest BCUT2D eigenvalue weighted by molar-refractivity contribution is 0.591. The Morgan fingerprint density at radius 3 is 2.44 bits per heavy atom. The maximum Gasteiger partial charge on any atom is 0.237 e. The molecule has 2 aromatic heterocycles. The molecule has 0 aliphatic rings. The second kappa shape index (κ2) is 6.85. The number of hydrogen-bond acceptors (Lipinski definition) is 3. The van der Waals surface area contributed by atoms with Crippen LogP contribution in [0.15, 0.2) is 79.1 Å². The predicted molar refractivity (Wildman–Crippen MR) is 103 cm³/mol. The van der Waals surface area contributed by atoms with Crippen LogP contribution < -0.4 is 4.72 Å². The van der Waals surface area contributed by atoms with Gasteiger partial charge in [-0.3, -0.25) is 4.72 Å². The molecule has 0 unspecified atom stereocenters. The van der Waals surface area contributed by atoms with Gasteiger partial charge in [-0.1, -0.05) is 36.4 Å². The number of fused-ring (bicyclic) bond motifs is 1. The van der Waals surface area contributed by atoms with Crippen molar-refractivity contribution in [3.05, 3.63) is 90.5 Å². The molecule has 0 saturated heterocycles. The summed E-state index contributed by atoms with van der Waals surface area (Å²) >= 11 is 0. The molecule has 0 aliphatic carbocycles. The van der Waals surface area contributed by atoms with E-state index in [1.54, 1.807) is 30.3 Å². The topological polar surface area (TPSA) is 63.5 Å². The molecule has 0 spiro atoms. The van der Waals surface area contributed by atoms with E-state index < -0.39 is 21.6 Å². The molecule has 0 aliphatic heterocycles. The molecule has 5 nitrogen and oxygen atoms in total. The third kappa shape index (κ3) is 3.83. The first-order valence-corrected chi connectivity index (χ1v) is 9.93. The molecule has 27 heavy (non-hydrogen) atoms. The summed E-state index contributed by atoms with van der Waals surface area (Å²) in [4.78, 5) is 4.54. The lowest BCUT2D eigenvalue weighted by Crippen LogP contribution is -2.15. The van der Waals surface area contributed by atoms with Crippen LogP contribution in [-0.2, 0) is 15.8 Å². The summed E-state index contributed by atoms with van der Waals surface area (Å²) in [5.41, 5.74) is 3.05. The molecule has 7 heteroatoms. The summed E-state index contributed by atoms with van der Waals surface area (Å²) in [6.07, 6.45) is 3.82. The van der Waals surface area contributed by atoms with Crippen LogP contribution in [0.5, 0.6) is 0 Å². The fourth-order valence-electron chi connectivity index (χ4n) is 2.82. The number of sulfonamides is 1. The molecule has 0 fully saturated rings. The van der Waals surface area contributed by atoms with Crippen molar-refractivity contribution >= 4 is 21.4 Å². The van der Waals surface area contributed by atoms with E-state index in [1.807, 2.05) is 35.0 Å². The van der Waals surface area contributed by atoms with Crippen molar-refractivity contribution < 1.29 is 12.8 Å². The third-order valence-electron chi connectivity index (χ3n) is 4.12. The number of hydrogen-bond donors (Lipinski definition) is 1. The van der Waals surface area contributed by atoms with Crippen molar-refractivity contribution in [1.82, 2.24) is 9.38 Å². The summed E-state index contributed by atoms with van der Waals surface area (Å²) < 4.78 is 42.7. The number of anilines is 1. The van der Waals surface area contributed by atoms with E-state index in [2.05, 4.69) is 9.71 Å². The quantitative estimate of drug-likeness (QED) is 0.566. The average Bonchev–Trinajstić information content (AvgIpc) is 3.08. The average molecular weight is 381 g/mol. The molecule has 4 rings (SSSR count). The van der Waals surface area contributed by atoms with Crippen LogP contribution in [-0.4, -0.2) is 17.8 Å². The Hall–Kier alpha value is -3.19. The first-order valence-electron chi connectivity index (χ1n) is 8.28. The zero-order valence-corrected chi connectivity index (χ0v) is 15.0. The second-order valence-electron chi connectivity index (χ2n) is 6.12. The van der Waals surface area contributed by atoms with Gasteiger partial charge < -0.3 is 4.40 Å². The van der Waals surface area contributed by atoms with Crippen LogP contribution in [0.4, 0.5) is 10.1 Å². The minimum Gasteiger partial charge on any atom is -0.306 e. The number of pyridine rings is 1. The minimum absolute atomic E-state index is 0.131. The van der Waals surface area contributed by atoms with Crippen LogP contribution in [0.1, 0.15) is 5.56 Å². The minimum atomic E-state index is -3.72. The van der Waals surface area contributed by atoms with E-state index >= 15 is 0 Å². The lowest BCUT2D eigenvalue weighted by Gasteiger charge is -2.09. The molecule has 0 amide bonds. The van der Waals surface area contributed by atoms with Crippen LogP contribution in [0.25, 0.3) is 16.9 Å². The SMILES string of the molecule is O=S(=O)(Cc1ccccc1F)Nc1ccc(-c2cn3ccccc3n2)cc1. The Balaban J connectivity index is 1.52. The van der Waals surface area contributed by atoms with Gasteiger partial charge in [-0.25, -0.2) is 17.8 Å². The molecule has 0 saturated carbocycles. The smallest absolute Gasteiger partial charge is 0.237 e. The van der Waals surface area contributed by atoms with Crippen molar-refractivity contribution in [2.24, 2.45) is 0 Å². The van der Waals surface area contributed by atoms with Gasteiger partial charge in [0.15, 0.2) is 0 Å². The van der Waals surface area contributed by atoms with E-state index in [1.165, 1.54) is 18.2 Å². The number of benzene rings is 2. The van der Waals surface area contributed by atoms with Gasteiger partial charge >= 0.3 is 0 Å². The molecule has 0 atom stereocenters. The van der Waals surface area contributed by atoms with Gasteiger partial charge in [-0.05, 0) is 30.3 Å². The van der Waals surface area contributed by atoms with Crippen LogP contribution in [0, 0.1) is 5.82 Å². The molecule has 0 radical (unpaired) electrons. The Morgan fingerprint density at radius 1 is 0.963 bits per heavy atom. The van der Waals surface area contributed by atoms with Gasteiger partial charge in [-0.2, -0.15) is 0 Å². The Kier molecular flexibility index (Phi) is 4.37. The standard InChI is InChI=1S/C20H16FN3O2S/c21-18-6-2-1-5-16(18)14-27(25,26)23-17-10-8-15(9-11-17)19-13-24-12-4-3-7-20(24)22-19/h1-13,23H,14H2. The number of rotatable bonds is 5. The summed E-state index contributed by atoms with van der Waals surface area (Å²) in [7, 11) is -3.72. The fraction of sp³-hybridized carbons (Fsp3) is 0.0500. The maximum absolute atomic E-state index is 13.7. The Bertz CT molecular complexity index is 1170. The Labute approximate surface area is 156 Å². The first-order chi connectivity index (χ1) is 13.0. The lowest BCUT2D eigenvalue weighted by atomic mass is 10.1. The van der Waals surface area contributed by atoms with Crippen molar-refractivity contribution in [3.8, 4) is 11.3 Å². The first kappa shape index (κ1) is 17.2. The molecule has 1 N–H and O–H groups in total. The van der Waals surface area contributed by atoms with Crippen molar-refractivity contribution in [2.75, 3.05) is 4.72 Å². The van der Waals surface area contributed by atoms with Gasteiger partial charge in [-0.15, -0.1) is 0 Å². The number of nitrogens with one attached hydrogen (secondary N) is 1. The largest absolute Gasteiger partial charge is 0.306 e. The molecular formula is C20H16FN3O2S. The van der Waals surface area contributed by atoms with Crippen LogP contribution in [0.2, 0.25) is 0 Å². The molecule has 0 bridgehead atoms. The van der Waals surface area contributed by atoms with Gasteiger partial charge in [0.05, 0.1) is 11.4 Å². The van der Waals surface area contributed by atoms with Crippen LogP contribution >= 0.6 is 0 Å². The summed E-state index contributed by atoms with van der Waals surface area (Å²) in [6.45, 7) is 0. The molecule has 2 aromatic carbocycles. The number of aromatic nitrogens is 2.